The number of hydrogen-bond donors (Lipinski definition) is 0. The van der Waals surface area contributed by atoms with Gasteiger partial charge in [0.1, 0.15) is 11.9 Å². The van der Waals surface area contributed by atoms with Gasteiger partial charge in [0.25, 0.3) is 5.56 Å². The zero-order chi connectivity index (χ0) is 21.0. The lowest BCUT2D eigenvalue weighted by Crippen LogP contribution is -2.44. The van der Waals surface area contributed by atoms with E-state index in [1.807, 2.05) is 44.2 Å². The quantitative estimate of drug-likeness (QED) is 0.609. The molecule has 8 heteroatoms. The van der Waals surface area contributed by atoms with Gasteiger partial charge in [0.05, 0.1) is 0 Å². The minimum atomic E-state index is -0.569. The second-order valence-corrected chi connectivity index (χ2v) is 6.86. The Kier molecular flexibility index (Phi) is 6.21. The normalized spacial score (nSPS) is 11.0. The minimum Gasteiger partial charge on any atom is -0.341 e. The van der Waals surface area contributed by atoms with E-state index in [0.29, 0.717) is 18.9 Å². The fourth-order valence-electron chi connectivity index (χ4n) is 3.19. The van der Waals surface area contributed by atoms with Crippen molar-refractivity contribution in [1.82, 2.24) is 24.0 Å². The molecule has 0 radical (unpaired) electrons. The van der Waals surface area contributed by atoms with Crippen molar-refractivity contribution in [1.29, 1.82) is 0 Å². The fourth-order valence-corrected chi connectivity index (χ4v) is 3.19. The summed E-state index contributed by atoms with van der Waals surface area (Å²) in [6.45, 7) is 4.78. The maximum absolute atomic E-state index is 12.9. The van der Waals surface area contributed by atoms with E-state index in [2.05, 4.69) is 9.97 Å². The number of likely N-dealkylation sites (N-methyl/N-ethyl adjacent to an activating group) is 1. The van der Waals surface area contributed by atoms with E-state index in [1.165, 1.54) is 10.8 Å². The summed E-state index contributed by atoms with van der Waals surface area (Å²) in [7, 11) is 1.54. The third-order valence-electron chi connectivity index (χ3n) is 4.92. The highest BCUT2D eigenvalue weighted by Gasteiger charge is 2.18. The van der Waals surface area contributed by atoms with Gasteiger partial charge in [-0.05, 0) is 13.3 Å². The molecule has 0 aliphatic carbocycles. The Labute approximate surface area is 168 Å². The van der Waals surface area contributed by atoms with Gasteiger partial charge >= 0.3 is 5.69 Å². The highest BCUT2D eigenvalue weighted by Crippen LogP contribution is 2.15. The minimum absolute atomic E-state index is 0.205. The van der Waals surface area contributed by atoms with Crippen LogP contribution in [-0.2, 0) is 18.4 Å². The van der Waals surface area contributed by atoms with Gasteiger partial charge in [0.15, 0.2) is 11.5 Å². The number of hydrogen-bond acceptors (Lipinski definition) is 5. The monoisotopic (exact) mass is 395 g/mol. The first-order chi connectivity index (χ1) is 14.0. The summed E-state index contributed by atoms with van der Waals surface area (Å²) in [4.78, 5) is 48.7. The highest BCUT2D eigenvalue weighted by molar-refractivity contribution is 5.78. The molecule has 8 nitrogen and oxygen atoms in total. The summed E-state index contributed by atoms with van der Waals surface area (Å²) in [5.41, 5.74) is -0.0886. The predicted molar refractivity (Wildman–Crippen MR) is 112 cm³/mol. The average molecular weight is 395 g/mol. The number of aryl methyl sites for hydroxylation is 1. The Morgan fingerprint density at radius 3 is 2.52 bits per heavy atom. The van der Waals surface area contributed by atoms with E-state index >= 15 is 0 Å². The molecule has 0 aliphatic heterocycles. The molecule has 0 aliphatic rings. The molecule has 0 bridgehead atoms. The molecule has 0 N–H and O–H groups in total. The number of nitrogens with zero attached hydrogens (tertiary/aromatic N) is 5. The molecule has 152 valence electrons. The fraction of sp³-hybridized carbons (Fsp3) is 0.381. The van der Waals surface area contributed by atoms with Crippen LogP contribution in [0.1, 0.15) is 26.7 Å². The first kappa shape index (κ1) is 20.4. The van der Waals surface area contributed by atoms with Gasteiger partial charge in [-0.2, -0.15) is 0 Å². The summed E-state index contributed by atoms with van der Waals surface area (Å²) in [6.07, 6.45) is 3.25. The summed E-state index contributed by atoms with van der Waals surface area (Å²) >= 11 is 0. The van der Waals surface area contributed by atoms with Gasteiger partial charge in [-0.15, -0.1) is 0 Å². The number of carbonyl (C=O) groups is 1. The Balaban J connectivity index is 2.03. The van der Waals surface area contributed by atoms with Crippen LogP contribution in [0.15, 0.2) is 46.1 Å². The first-order valence-electron chi connectivity index (χ1n) is 9.77. The molecule has 0 saturated carbocycles. The van der Waals surface area contributed by atoms with Gasteiger partial charge in [-0.25, -0.2) is 14.8 Å². The Bertz CT molecular complexity index is 1130. The van der Waals surface area contributed by atoms with Gasteiger partial charge < -0.3 is 4.90 Å². The number of benzene rings is 1. The lowest BCUT2D eigenvalue weighted by atomic mass is 10.2. The second-order valence-electron chi connectivity index (χ2n) is 6.86. The number of unbranched alkanes of at least 4 members (excludes halogenated alkanes) is 1. The molecule has 3 aromatic rings. The summed E-state index contributed by atoms with van der Waals surface area (Å²) < 4.78 is 2.26. The van der Waals surface area contributed by atoms with Crippen molar-refractivity contribution in [2.75, 3.05) is 13.1 Å². The smallest absolute Gasteiger partial charge is 0.332 e. The number of fused-ring (bicyclic) bond motifs is 1. The van der Waals surface area contributed by atoms with Crippen LogP contribution in [0.4, 0.5) is 0 Å². The molecular formula is C21H25N5O3. The van der Waals surface area contributed by atoms with E-state index in [-0.39, 0.29) is 23.5 Å². The van der Waals surface area contributed by atoms with Crippen LogP contribution < -0.4 is 11.2 Å². The van der Waals surface area contributed by atoms with Crippen molar-refractivity contribution in [3.05, 3.63) is 57.4 Å². The highest BCUT2D eigenvalue weighted by atomic mass is 16.2. The molecule has 29 heavy (non-hydrogen) atoms. The molecule has 0 saturated heterocycles. The maximum Gasteiger partial charge on any atom is 0.332 e. The zero-order valence-corrected chi connectivity index (χ0v) is 17.0. The van der Waals surface area contributed by atoms with Crippen molar-refractivity contribution in [2.45, 2.75) is 33.2 Å². The summed E-state index contributed by atoms with van der Waals surface area (Å²) in [6, 6.07) is 9.33. The van der Waals surface area contributed by atoms with Crippen LogP contribution >= 0.6 is 0 Å². The van der Waals surface area contributed by atoms with Crippen molar-refractivity contribution in [3.8, 4) is 11.4 Å². The van der Waals surface area contributed by atoms with Crippen LogP contribution in [-0.4, -0.2) is 43.0 Å². The molecule has 1 aromatic carbocycles. The van der Waals surface area contributed by atoms with Crippen molar-refractivity contribution in [3.63, 3.8) is 0 Å². The van der Waals surface area contributed by atoms with Crippen LogP contribution in [0.3, 0.4) is 0 Å². The molecular weight excluding hydrogens is 370 g/mol. The third-order valence-corrected chi connectivity index (χ3v) is 4.92. The number of amides is 1. The van der Waals surface area contributed by atoms with Crippen molar-refractivity contribution < 1.29 is 4.79 Å². The standard InChI is InChI=1S/C21H25N5O3/c1-4-6-12-25(5-2)17(27)14-26-20(28)16-13-22-18(15-10-8-7-9-11-15)23-19(16)24(3)21(26)29/h7-11,13H,4-6,12,14H2,1-3H3. The first-order valence-corrected chi connectivity index (χ1v) is 9.77. The molecule has 0 fully saturated rings. The molecule has 0 spiro atoms. The Morgan fingerprint density at radius 1 is 1.14 bits per heavy atom. The zero-order valence-electron chi connectivity index (χ0n) is 17.0. The molecule has 1 amide bonds. The lowest BCUT2D eigenvalue weighted by molar-refractivity contribution is -0.131. The Morgan fingerprint density at radius 2 is 1.86 bits per heavy atom. The van der Waals surface area contributed by atoms with Gasteiger partial charge in [-0.1, -0.05) is 43.7 Å². The summed E-state index contributed by atoms with van der Waals surface area (Å²) in [5.74, 6) is 0.180. The van der Waals surface area contributed by atoms with Crippen LogP contribution in [0.25, 0.3) is 22.4 Å². The predicted octanol–water partition coefficient (Wildman–Crippen LogP) is 1.81. The molecule has 0 atom stereocenters. The number of carbonyl (C=O) groups excluding carboxylic acids is 1. The van der Waals surface area contributed by atoms with E-state index in [4.69, 9.17) is 0 Å². The van der Waals surface area contributed by atoms with Gasteiger partial charge in [0.2, 0.25) is 5.91 Å². The Hall–Kier alpha value is -3.29. The van der Waals surface area contributed by atoms with Crippen LogP contribution in [0.5, 0.6) is 0 Å². The molecule has 2 heterocycles. The maximum atomic E-state index is 12.9. The molecule has 3 rings (SSSR count). The number of rotatable bonds is 7. The van der Waals surface area contributed by atoms with Gasteiger partial charge in [0, 0.05) is 31.9 Å². The van der Waals surface area contributed by atoms with Gasteiger partial charge in [-0.3, -0.25) is 18.7 Å². The molecule has 0 unspecified atom stereocenters. The number of aromatic nitrogens is 4. The SMILES string of the molecule is CCCCN(CC)C(=O)Cn1c(=O)c2cnc(-c3ccccc3)nc2n(C)c1=O. The van der Waals surface area contributed by atoms with Crippen molar-refractivity contribution >= 4 is 16.9 Å². The topological polar surface area (TPSA) is 90.1 Å². The molecule has 2 aromatic heterocycles. The summed E-state index contributed by atoms with van der Waals surface area (Å²) in [5, 5.41) is 0.205. The lowest BCUT2D eigenvalue weighted by Gasteiger charge is -2.21. The largest absolute Gasteiger partial charge is 0.341 e. The average Bonchev–Trinajstić information content (AvgIpc) is 2.76. The van der Waals surface area contributed by atoms with E-state index in [1.54, 1.807) is 11.9 Å². The second kappa shape index (κ2) is 8.81. The van der Waals surface area contributed by atoms with Crippen LogP contribution in [0, 0.1) is 0 Å². The van der Waals surface area contributed by atoms with Crippen molar-refractivity contribution in [2.24, 2.45) is 7.05 Å². The van der Waals surface area contributed by atoms with E-state index in [0.717, 1.165) is 23.0 Å². The van der Waals surface area contributed by atoms with E-state index in [9.17, 15) is 14.4 Å². The van der Waals surface area contributed by atoms with E-state index < -0.39 is 11.2 Å². The van der Waals surface area contributed by atoms with Crippen LogP contribution in [0.2, 0.25) is 0 Å². The third kappa shape index (κ3) is 4.11.